The molecule has 0 radical (unpaired) electrons. The Kier molecular flexibility index (Phi) is 7.78. The number of carbonyl (C=O) groups excluding carboxylic acids is 3. The number of hydrogen-bond donors (Lipinski definition) is 2. The molecule has 7 nitrogen and oxygen atoms in total. The lowest BCUT2D eigenvalue weighted by atomic mass is 9.90. The van der Waals surface area contributed by atoms with E-state index in [1.165, 1.54) is 6.92 Å². The van der Waals surface area contributed by atoms with Crippen molar-refractivity contribution in [3.05, 3.63) is 35.9 Å². The number of ether oxygens (including phenoxy) is 1. The summed E-state index contributed by atoms with van der Waals surface area (Å²) < 4.78 is 5.00. The van der Waals surface area contributed by atoms with Crippen LogP contribution in [-0.4, -0.2) is 29.9 Å². The third kappa shape index (κ3) is 6.55. The molecule has 140 valence electrons. The Labute approximate surface area is 153 Å². The van der Waals surface area contributed by atoms with Gasteiger partial charge in [0.25, 0.3) is 5.91 Å². The first kappa shape index (κ1) is 21.2. The second-order valence-electron chi connectivity index (χ2n) is 6.55. The number of amides is 2. The van der Waals surface area contributed by atoms with Crippen LogP contribution in [0.1, 0.15) is 45.7 Å². The van der Waals surface area contributed by atoms with Gasteiger partial charge in [0.15, 0.2) is 6.61 Å². The van der Waals surface area contributed by atoms with Gasteiger partial charge in [-0.2, -0.15) is 5.26 Å². The number of esters is 1. The highest BCUT2D eigenvalue weighted by Crippen LogP contribution is 2.17. The van der Waals surface area contributed by atoms with Crippen LogP contribution >= 0.6 is 0 Å². The van der Waals surface area contributed by atoms with Crippen molar-refractivity contribution in [1.29, 1.82) is 5.26 Å². The molecule has 2 amide bonds. The molecule has 0 aliphatic rings. The average Bonchev–Trinajstić information content (AvgIpc) is 2.59. The molecule has 0 spiro atoms. The Morgan fingerprint density at radius 3 is 2.35 bits per heavy atom. The van der Waals surface area contributed by atoms with Crippen molar-refractivity contribution in [1.82, 2.24) is 10.6 Å². The van der Waals surface area contributed by atoms with Crippen LogP contribution in [0.15, 0.2) is 30.3 Å². The molecule has 0 aromatic heterocycles. The molecule has 2 atom stereocenters. The maximum Gasteiger partial charge on any atom is 0.308 e. The molecule has 0 aliphatic heterocycles. The number of hydrogen-bond acceptors (Lipinski definition) is 5. The summed E-state index contributed by atoms with van der Waals surface area (Å²) in [4.78, 5) is 35.4. The summed E-state index contributed by atoms with van der Waals surface area (Å²) in [7, 11) is 0. The molecule has 7 heteroatoms. The number of rotatable bonds is 8. The lowest BCUT2D eigenvalue weighted by molar-refractivity contribution is -0.149. The summed E-state index contributed by atoms with van der Waals surface area (Å²) in [5.41, 5.74) is -0.271. The summed E-state index contributed by atoms with van der Waals surface area (Å²) in [6.07, 6.45) is -0.101. The predicted octanol–water partition coefficient (Wildman–Crippen LogP) is 1.85. The molecule has 0 heterocycles. The molecule has 0 aliphatic carbocycles. The Hall–Kier alpha value is -2.88. The van der Waals surface area contributed by atoms with Crippen LogP contribution < -0.4 is 10.6 Å². The minimum Gasteiger partial charge on any atom is -0.456 e. The van der Waals surface area contributed by atoms with E-state index in [4.69, 9.17) is 4.74 Å². The second-order valence-corrected chi connectivity index (χ2v) is 6.55. The highest BCUT2D eigenvalue weighted by Gasteiger charge is 2.30. The molecule has 0 bridgehead atoms. The van der Waals surface area contributed by atoms with E-state index >= 15 is 0 Å². The van der Waals surface area contributed by atoms with Crippen LogP contribution in [0.2, 0.25) is 0 Å². The molecule has 1 rings (SSSR count). The van der Waals surface area contributed by atoms with Crippen LogP contribution in [0.5, 0.6) is 0 Å². The summed E-state index contributed by atoms with van der Waals surface area (Å²) in [5, 5.41) is 14.5. The minimum atomic E-state index is -1.04. The maximum atomic E-state index is 12.1. The fraction of sp³-hybridized carbons (Fsp3) is 0.474. The fourth-order valence-electron chi connectivity index (χ4n) is 2.18. The molecule has 0 fully saturated rings. The number of carbonyl (C=O) groups is 3. The van der Waals surface area contributed by atoms with Gasteiger partial charge in [0.1, 0.15) is 5.54 Å². The molecule has 0 saturated carbocycles. The molecule has 2 N–H and O–H groups in total. The minimum absolute atomic E-state index is 0.101. The maximum absolute atomic E-state index is 12.1. The molecule has 26 heavy (non-hydrogen) atoms. The Bertz CT molecular complexity index is 682. The van der Waals surface area contributed by atoms with Gasteiger partial charge in [0, 0.05) is 6.92 Å². The standard InChI is InChI=1S/C19H25N3O4/c1-13(2)19(4,12-20)22-17(24)11-26-18(25)10-16(21-14(3)23)15-8-6-5-7-9-15/h5-9,13,16H,10-11H2,1-4H3,(H,21,23)(H,22,24)/t16-,19+/m0/s1. The lowest BCUT2D eigenvalue weighted by Crippen LogP contribution is -2.50. The molecule has 1 aromatic rings. The monoisotopic (exact) mass is 359 g/mol. The number of nitrogens with one attached hydrogen (secondary N) is 2. The molecule has 0 unspecified atom stereocenters. The summed E-state index contributed by atoms with van der Waals surface area (Å²) in [6, 6.07) is 10.5. The van der Waals surface area contributed by atoms with Crippen molar-refractivity contribution >= 4 is 17.8 Å². The van der Waals surface area contributed by atoms with Crippen LogP contribution in [0.3, 0.4) is 0 Å². The quantitative estimate of drug-likeness (QED) is 0.689. The van der Waals surface area contributed by atoms with E-state index in [1.807, 2.05) is 19.9 Å². The third-order valence-electron chi connectivity index (χ3n) is 4.10. The first-order valence-corrected chi connectivity index (χ1v) is 8.38. The predicted molar refractivity (Wildman–Crippen MR) is 95.6 cm³/mol. The topological polar surface area (TPSA) is 108 Å². The average molecular weight is 359 g/mol. The van der Waals surface area contributed by atoms with E-state index in [9.17, 15) is 19.6 Å². The van der Waals surface area contributed by atoms with Crippen molar-refractivity contribution in [2.45, 2.75) is 45.7 Å². The zero-order valence-electron chi connectivity index (χ0n) is 15.5. The Morgan fingerprint density at radius 2 is 1.85 bits per heavy atom. The van der Waals surface area contributed by atoms with E-state index < -0.39 is 30.1 Å². The number of benzene rings is 1. The first-order chi connectivity index (χ1) is 12.2. The highest BCUT2D eigenvalue weighted by molar-refractivity contribution is 5.82. The van der Waals surface area contributed by atoms with E-state index in [-0.39, 0.29) is 18.2 Å². The largest absolute Gasteiger partial charge is 0.456 e. The molecule has 0 saturated heterocycles. The van der Waals surface area contributed by atoms with Crippen molar-refractivity contribution < 1.29 is 19.1 Å². The normalized spacial score (nSPS) is 13.8. The highest BCUT2D eigenvalue weighted by atomic mass is 16.5. The molecular formula is C19H25N3O4. The number of nitrogens with zero attached hydrogens (tertiary/aromatic N) is 1. The number of nitriles is 1. The van der Waals surface area contributed by atoms with Gasteiger partial charge in [-0.05, 0) is 18.4 Å². The van der Waals surface area contributed by atoms with Gasteiger partial charge in [-0.25, -0.2) is 0 Å². The third-order valence-corrected chi connectivity index (χ3v) is 4.10. The van der Waals surface area contributed by atoms with Crippen molar-refractivity contribution in [2.24, 2.45) is 5.92 Å². The van der Waals surface area contributed by atoms with Gasteiger partial charge in [0.2, 0.25) is 5.91 Å². The van der Waals surface area contributed by atoms with Gasteiger partial charge in [-0.15, -0.1) is 0 Å². The SMILES string of the molecule is CC(=O)N[C@@H](CC(=O)OCC(=O)N[C@](C)(C#N)C(C)C)c1ccccc1. The van der Waals surface area contributed by atoms with E-state index in [2.05, 4.69) is 16.7 Å². The smallest absolute Gasteiger partial charge is 0.308 e. The summed E-state index contributed by atoms with van der Waals surface area (Å²) in [6.45, 7) is 6.12. The zero-order chi connectivity index (χ0) is 19.7. The summed E-state index contributed by atoms with van der Waals surface area (Å²) in [5.74, 6) is -1.54. The first-order valence-electron chi connectivity index (χ1n) is 8.38. The van der Waals surface area contributed by atoms with Crippen LogP contribution in [-0.2, 0) is 19.1 Å². The molecular weight excluding hydrogens is 334 g/mol. The van der Waals surface area contributed by atoms with E-state index in [0.717, 1.165) is 5.56 Å². The van der Waals surface area contributed by atoms with E-state index in [0.29, 0.717) is 0 Å². The Balaban J connectivity index is 2.62. The van der Waals surface area contributed by atoms with Crippen LogP contribution in [0.25, 0.3) is 0 Å². The zero-order valence-corrected chi connectivity index (χ0v) is 15.5. The van der Waals surface area contributed by atoms with Crippen LogP contribution in [0, 0.1) is 17.2 Å². The van der Waals surface area contributed by atoms with Gasteiger partial charge >= 0.3 is 5.97 Å². The van der Waals surface area contributed by atoms with Crippen LogP contribution in [0.4, 0.5) is 0 Å². The van der Waals surface area contributed by atoms with Gasteiger partial charge in [0.05, 0.1) is 18.5 Å². The van der Waals surface area contributed by atoms with Crippen molar-refractivity contribution in [3.8, 4) is 6.07 Å². The van der Waals surface area contributed by atoms with Crippen molar-refractivity contribution in [2.75, 3.05) is 6.61 Å². The second kappa shape index (κ2) is 9.56. The molecule has 1 aromatic carbocycles. The van der Waals surface area contributed by atoms with Gasteiger partial charge in [-0.3, -0.25) is 14.4 Å². The van der Waals surface area contributed by atoms with E-state index in [1.54, 1.807) is 31.2 Å². The summed E-state index contributed by atoms with van der Waals surface area (Å²) >= 11 is 0. The van der Waals surface area contributed by atoms with Gasteiger partial charge in [-0.1, -0.05) is 44.2 Å². The van der Waals surface area contributed by atoms with Gasteiger partial charge < -0.3 is 15.4 Å². The lowest BCUT2D eigenvalue weighted by Gasteiger charge is -2.27. The fourth-order valence-corrected chi connectivity index (χ4v) is 2.18. The van der Waals surface area contributed by atoms with Crippen molar-refractivity contribution in [3.63, 3.8) is 0 Å². The Morgan fingerprint density at radius 1 is 1.23 bits per heavy atom.